The van der Waals surface area contributed by atoms with Gasteiger partial charge in [0.2, 0.25) is 10.0 Å². The van der Waals surface area contributed by atoms with Gasteiger partial charge in [0.25, 0.3) is 5.91 Å². The van der Waals surface area contributed by atoms with Crippen molar-refractivity contribution in [1.29, 1.82) is 0 Å². The first kappa shape index (κ1) is 18.7. The van der Waals surface area contributed by atoms with Crippen LogP contribution < -0.4 is 15.4 Å². The summed E-state index contributed by atoms with van der Waals surface area (Å²) in [4.78, 5) is 12.1. The van der Waals surface area contributed by atoms with Gasteiger partial charge in [-0.2, -0.15) is 0 Å². The van der Waals surface area contributed by atoms with E-state index in [9.17, 15) is 13.2 Å². The van der Waals surface area contributed by atoms with E-state index in [2.05, 4.69) is 15.4 Å². The van der Waals surface area contributed by atoms with Crippen LogP contribution in [0.3, 0.4) is 0 Å². The Balaban J connectivity index is 2.65. The minimum Gasteiger partial charge on any atom is -0.383 e. The molecule has 0 unspecified atom stereocenters. The SMILES string of the molecule is COCCNCCNC(=O)c1cc(Cl)ccc1NS(C)(=O)=O. The summed E-state index contributed by atoms with van der Waals surface area (Å²) < 4.78 is 29.8. The first-order valence-corrected chi connectivity index (χ1v) is 8.85. The summed E-state index contributed by atoms with van der Waals surface area (Å²) >= 11 is 5.87. The smallest absolute Gasteiger partial charge is 0.253 e. The number of sulfonamides is 1. The molecule has 7 nitrogen and oxygen atoms in total. The van der Waals surface area contributed by atoms with Crippen molar-refractivity contribution in [2.45, 2.75) is 0 Å². The van der Waals surface area contributed by atoms with Crippen LogP contribution in [-0.4, -0.2) is 53.9 Å². The molecule has 0 fully saturated rings. The highest BCUT2D eigenvalue weighted by Gasteiger charge is 2.14. The van der Waals surface area contributed by atoms with Crippen LogP contribution in [0.5, 0.6) is 0 Å². The zero-order valence-corrected chi connectivity index (χ0v) is 14.1. The number of anilines is 1. The lowest BCUT2D eigenvalue weighted by molar-refractivity contribution is 0.0954. The third-order valence-electron chi connectivity index (χ3n) is 2.59. The van der Waals surface area contributed by atoms with Crippen molar-refractivity contribution in [1.82, 2.24) is 10.6 Å². The van der Waals surface area contributed by atoms with Crippen LogP contribution in [0.25, 0.3) is 0 Å². The summed E-state index contributed by atoms with van der Waals surface area (Å²) in [5, 5.41) is 6.12. The molecule has 0 atom stereocenters. The monoisotopic (exact) mass is 349 g/mol. The molecule has 0 saturated carbocycles. The molecule has 22 heavy (non-hydrogen) atoms. The van der Waals surface area contributed by atoms with Crippen molar-refractivity contribution in [2.24, 2.45) is 0 Å². The molecule has 0 aliphatic rings. The molecule has 0 aliphatic carbocycles. The Morgan fingerprint density at radius 3 is 2.64 bits per heavy atom. The highest BCUT2D eigenvalue weighted by atomic mass is 35.5. The van der Waals surface area contributed by atoms with E-state index in [1.54, 1.807) is 7.11 Å². The Kier molecular flexibility index (Phi) is 7.60. The number of hydrogen-bond donors (Lipinski definition) is 3. The van der Waals surface area contributed by atoms with E-state index in [1.165, 1.54) is 18.2 Å². The van der Waals surface area contributed by atoms with Gasteiger partial charge in [0.15, 0.2) is 0 Å². The van der Waals surface area contributed by atoms with Crippen LogP contribution in [0, 0.1) is 0 Å². The van der Waals surface area contributed by atoms with E-state index < -0.39 is 15.9 Å². The van der Waals surface area contributed by atoms with Gasteiger partial charge in [-0.15, -0.1) is 0 Å². The third-order valence-corrected chi connectivity index (χ3v) is 3.42. The Hall–Kier alpha value is -1.35. The van der Waals surface area contributed by atoms with Crippen LogP contribution in [0.1, 0.15) is 10.4 Å². The summed E-state index contributed by atoms with van der Waals surface area (Å²) in [6, 6.07) is 4.38. The van der Waals surface area contributed by atoms with Crippen LogP contribution in [0.4, 0.5) is 5.69 Å². The van der Waals surface area contributed by atoms with Crippen LogP contribution >= 0.6 is 11.6 Å². The molecule has 124 valence electrons. The predicted molar refractivity (Wildman–Crippen MR) is 87.0 cm³/mol. The maximum atomic E-state index is 12.1. The van der Waals surface area contributed by atoms with E-state index in [4.69, 9.17) is 16.3 Å². The first-order chi connectivity index (χ1) is 10.3. The van der Waals surface area contributed by atoms with E-state index in [1.807, 2.05) is 0 Å². The van der Waals surface area contributed by atoms with Gasteiger partial charge < -0.3 is 15.4 Å². The lowest BCUT2D eigenvalue weighted by atomic mass is 10.1. The number of methoxy groups -OCH3 is 1. The topological polar surface area (TPSA) is 96.5 Å². The van der Waals surface area contributed by atoms with Gasteiger partial charge in [-0.25, -0.2) is 8.42 Å². The van der Waals surface area contributed by atoms with Gasteiger partial charge in [0.05, 0.1) is 24.1 Å². The second-order valence-electron chi connectivity index (χ2n) is 4.56. The third kappa shape index (κ3) is 7.08. The molecule has 1 aromatic rings. The molecular formula is C13H20ClN3O4S. The fourth-order valence-corrected chi connectivity index (χ4v) is 2.40. The van der Waals surface area contributed by atoms with Crippen molar-refractivity contribution >= 4 is 33.2 Å². The maximum Gasteiger partial charge on any atom is 0.253 e. The minimum atomic E-state index is -3.48. The van der Waals surface area contributed by atoms with E-state index >= 15 is 0 Å². The highest BCUT2D eigenvalue weighted by Crippen LogP contribution is 2.21. The molecule has 1 amide bonds. The molecule has 1 aromatic carbocycles. The number of rotatable bonds is 9. The highest BCUT2D eigenvalue weighted by molar-refractivity contribution is 7.92. The number of nitrogens with one attached hydrogen (secondary N) is 3. The average molecular weight is 350 g/mol. The fraction of sp³-hybridized carbons (Fsp3) is 0.462. The molecule has 0 aliphatic heterocycles. The lowest BCUT2D eigenvalue weighted by Crippen LogP contribution is -2.33. The zero-order valence-electron chi connectivity index (χ0n) is 12.5. The van der Waals surface area contributed by atoms with Crippen molar-refractivity contribution in [3.63, 3.8) is 0 Å². The Morgan fingerprint density at radius 2 is 2.00 bits per heavy atom. The number of halogens is 1. The normalized spacial score (nSPS) is 11.2. The molecule has 0 saturated heterocycles. The molecule has 1 rings (SSSR count). The van der Waals surface area contributed by atoms with Gasteiger partial charge in [0, 0.05) is 31.8 Å². The van der Waals surface area contributed by atoms with E-state index in [0.29, 0.717) is 31.3 Å². The largest absolute Gasteiger partial charge is 0.383 e. The molecular weight excluding hydrogens is 330 g/mol. The van der Waals surface area contributed by atoms with Gasteiger partial charge >= 0.3 is 0 Å². The van der Waals surface area contributed by atoms with Crippen molar-refractivity contribution in [3.8, 4) is 0 Å². The quantitative estimate of drug-likeness (QED) is 0.570. The summed E-state index contributed by atoms with van der Waals surface area (Å²) in [5.41, 5.74) is 0.367. The number of carbonyl (C=O) groups excluding carboxylic acids is 1. The number of carbonyl (C=O) groups is 1. The zero-order chi connectivity index (χ0) is 16.6. The second-order valence-corrected chi connectivity index (χ2v) is 6.75. The lowest BCUT2D eigenvalue weighted by Gasteiger charge is -2.12. The molecule has 9 heteroatoms. The summed E-state index contributed by atoms with van der Waals surface area (Å²) in [5.74, 6) is -0.401. The number of amides is 1. The van der Waals surface area contributed by atoms with Gasteiger partial charge in [-0.05, 0) is 18.2 Å². The number of hydrogen-bond acceptors (Lipinski definition) is 5. The van der Waals surface area contributed by atoms with Crippen LogP contribution in [-0.2, 0) is 14.8 Å². The molecule has 0 radical (unpaired) electrons. The molecule has 0 aromatic heterocycles. The van der Waals surface area contributed by atoms with Gasteiger partial charge in [0.1, 0.15) is 0 Å². The Bertz CT molecular complexity index is 607. The summed E-state index contributed by atoms with van der Waals surface area (Å²) in [6.07, 6.45) is 1.02. The Morgan fingerprint density at radius 1 is 1.27 bits per heavy atom. The first-order valence-electron chi connectivity index (χ1n) is 6.58. The molecule has 0 spiro atoms. The Labute approximate surface area is 135 Å². The van der Waals surface area contributed by atoms with E-state index in [0.717, 1.165) is 6.26 Å². The summed E-state index contributed by atoms with van der Waals surface area (Å²) in [6.45, 7) is 2.24. The molecule has 0 heterocycles. The van der Waals surface area contributed by atoms with Crippen molar-refractivity contribution in [3.05, 3.63) is 28.8 Å². The van der Waals surface area contributed by atoms with Gasteiger partial charge in [-0.3, -0.25) is 9.52 Å². The molecule has 3 N–H and O–H groups in total. The number of ether oxygens (including phenoxy) is 1. The predicted octanol–water partition coefficient (Wildman–Crippen LogP) is 0.677. The summed E-state index contributed by atoms with van der Waals surface area (Å²) in [7, 11) is -1.87. The second kappa shape index (κ2) is 8.94. The van der Waals surface area contributed by atoms with E-state index in [-0.39, 0.29) is 11.3 Å². The van der Waals surface area contributed by atoms with Crippen LogP contribution in [0.2, 0.25) is 5.02 Å². The molecule has 0 bridgehead atoms. The standard InChI is InChI=1S/C13H20ClN3O4S/c1-21-8-7-15-5-6-16-13(18)11-9-10(14)3-4-12(11)17-22(2,19)20/h3-4,9,15,17H,5-8H2,1-2H3,(H,16,18). The van der Waals surface area contributed by atoms with Gasteiger partial charge in [-0.1, -0.05) is 11.6 Å². The van der Waals surface area contributed by atoms with Crippen LogP contribution in [0.15, 0.2) is 18.2 Å². The average Bonchev–Trinajstić information content (AvgIpc) is 2.43. The fourth-order valence-electron chi connectivity index (χ4n) is 1.65. The van der Waals surface area contributed by atoms with Crippen molar-refractivity contribution in [2.75, 3.05) is 44.3 Å². The maximum absolute atomic E-state index is 12.1. The van der Waals surface area contributed by atoms with Crippen molar-refractivity contribution < 1.29 is 17.9 Å². The minimum absolute atomic E-state index is 0.176. The number of benzene rings is 1.